The van der Waals surface area contributed by atoms with Crippen LogP contribution in [0.2, 0.25) is 0 Å². The third kappa shape index (κ3) is 3.31. The van der Waals surface area contributed by atoms with Crippen molar-refractivity contribution >= 4 is 0 Å². The Kier molecular flexibility index (Phi) is 4.34. The van der Waals surface area contributed by atoms with Gasteiger partial charge in [-0.25, -0.2) is 0 Å². The second kappa shape index (κ2) is 6.00. The topological polar surface area (TPSA) is 24.9 Å². The number of hydrogen-bond acceptors (Lipinski definition) is 2. The highest BCUT2D eigenvalue weighted by atomic mass is 14.9. The normalized spacial score (nSPS) is 19.6. The molecule has 2 heteroatoms. The van der Waals surface area contributed by atoms with Gasteiger partial charge in [-0.05, 0) is 49.9 Å². The Hall–Kier alpha value is -0.890. The minimum Gasteiger partial charge on any atom is -0.310 e. The molecule has 1 saturated carbocycles. The Morgan fingerprint density at radius 3 is 2.62 bits per heavy atom. The van der Waals surface area contributed by atoms with E-state index in [1.807, 2.05) is 12.4 Å². The van der Waals surface area contributed by atoms with E-state index in [4.69, 9.17) is 0 Å². The highest BCUT2D eigenvalue weighted by Crippen LogP contribution is 2.23. The molecule has 1 unspecified atom stereocenters. The smallest absolute Gasteiger partial charge is 0.0293 e. The number of hydrogen-bond donors (Lipinski definition) is 1. The average Bonchev–Trinajstić information content (AvgIpc) is 2.38. The molecule has 2 rings (SSSR count). The van der Waals surface area contributed by atoms with E-state index in [-0.39, 0.29) is 0 Å². The Labute approximate surface area is 98.5 Å². The molecular formula is C14H22N2. The molecule has 88 valence electrons. The standard InChI is InChI=1S/C14H22N2/c1-12(14-7-9-15-10-8-14)16-11-13-5-3-2-4-6-13/h7-10,12-13,16H,2-6,11H2,1H3. The Morgan fingerprint density at radius 2 is 1.94 bits per heavy atom. The van der Waals surface area contributed by atoms with E-state index in [2.05, 4.69) is 29.4 Å². The average molecular weight is 218 g/mol. The molecule has 1 aromatic rings. The first-order valence-electron chi connectivity index (χ1n) is 6.49. The van der Waals surface area contributed by atoms with Crippen LogP contribution >= 0.6 is 0 Å². The number of pyridine rings is 1. The maximum atomic E-state index is 4.05. The van der Waals surface area contributed by atoms with Crippen molar-refractivity contribution in [3.05, 3.63) is 30.1 Å². The summed E-state index contributed by atoms with van der Waals surface area (Å²) >= 11 is 0. The molecule has 1 heterocycles. The highest BCUT2D eigenvalue weighted by molar-refractivity contribution is 5.13. The van der Waals surface area contributed by atoms with E-state index in [1.54, 1.807) is 0 Å². The lowest BCUT2D eigenvalue weighted by Crippen LogP contribution is -2.27. The second-order valence-electron chi connectivity index (χ2n) is 4.91. The van der Waals surface area contributed by atoms with Gasteiger partial charge in [-0.1, -0.05) is 19.3 Å². The molecule has 1 atom stereocenters. The van der Waals surface area contributed by atoms with Crippen molar-refractivity contribution in [3.8, 4) is 0 Å². The van der Waals surface area contributed by atoms with E-state index < -0.39 is 0 Å². The maximum Gasteiger partial charge on any atom is 0.0293 e. The lowest BCUT2D eigenvalue weighted by Gasteiger charge is -2.24. The first-order valence-corrected chi connectivity index (χ1v) is 6.49. The van der Waals surface area contributed by atoms with E-state index in [0.29, 0.717) is 6.04 Å². The SMILES string of the molecule is CC(NCC1CCCCC1)c1ccncc1. The van der Waals surface area contributed by atoms with Crippen molar-refractivity contribution < 1.29 is 0 Å². The van der Waals surface area contributed by atoms with E-state index in [1.165, 1.54) is 44.2 Å². The van der Waals surface area contributed by atoms with Crippen LogP contribution in [0.1, 0.15) is 50.6 Å². The van der Waals surface area contributed by atoms with Gasteiger partial charge in [0.15, 0.2) is 0 Å². The molecule has 2 nitrogen and oxygen atoms in total. The van der Waals surface area contributed by atoms with Crippen LogP contribution in [-0.4, -0.2) is 11.5 Å². The van der Waals surface area contributed by atoms with Crippen molar-refractivity contribution in [1.29, 1.82) is 0 Å². The van der Waals surface area contributed by atoms with Gasteiger partial charge in [-0.15, -0.1) is 0 Å². The number of nitrogens with one attached hydrogen (secondary N) is 1. The van der Waals surface area contributed by atoms with Gasteiger partial charge in [-0.3, -0.25) is 4.98 Å². The minimum atomic E-state index is 0.449. The van der Waals surface area contributed by atoms with Crippen LogP contribution in [0, 0.1) is 5.92 Å². The van der Waals surface area contributed by atoms with Gasteiger partial charge in [0.05, 0.1) is 0 Å². The maximum absolute atomic E-state index is 4.05. The van der Waals surface area contributed by atoms with Crippen molar-refractivity contribution in [1.82, 2.24) is 10.3 Å². The van der Waals surface area contributed by atoms with Crippen molar-refractivity contribution in [2.75, 3.05) is 6.54 Å². The number of aromatic nitrogens is 1. The first-order chi connectivity index (χ1) is 7.86. The zero-order chi connectivity index (χ0) is 11.2. The van der Waals surface area contributed by atoms with Crippen LogP contribution in [0.3, 0.4) is 0 Å². The molecule has 1 aromatic heterocycles. The predicted octanol–water partition coefficient (Wildman–Crippen LogP) is 3.31. The quantitative estimate of drug-likeness (QED) is 0.838. The van der Waals surface area contributed by atoms with Gasteiger partial charge in [0.2, 0.25) is 0 Å². The summed E-state index contributed by atoms with van der Waals surface area (Å²) in [6, 6.07) is 4.64. The summed E-state index contributed by atoms with van der Waals surface area (Å²) in [6.07, 6.45) is 10.9. The molecule has 0 radical (unpaired) electrons. The fraction of sp³-hybridized carbons (Fsp3) is 0.643. The monoisotopic (exact) mass is 218 g/mol. The van der Waals surface area contributed by atoms with Gasteiger partial charge >= 0.3 is 0 Å². The van der Waals surface area contributed by atoms with E-state index >= 15 is 0 Å². The third-order valence-electron chi connectivity index (χ3n) is 3.64. The molecular weight excluding hydrogens is 196 g/mol. The zero-order valence-corrected chi connectivity index (χ0v) is 10.2. The van der Waals surface area contributed by atoms with Gasteiger partial charge in [-0.2, -0.15) is 0 Å². The van der Waals surface area contributed by atoms with E-state index in [0.717, 1.165) is 5.92 Å². The van der Waals surface area contributed by atoms with Crippen LogP contribution in [0.5, 0.6) is 0 Å². The summed E-state index contributed by atoms with van der Waals surface area (Å²) in [4.78, 5) is 4.05. The third-order valence-corrected chi connectivity index (χ3v) is 3.64. The lowest BCUT2D eigenvalue weighted by atomic mass is 9.89. The molecule has 0 spiro atoms. The van der Waals surface area contributed by atoms with Crippen molar-refractivity contribution in [2.45, 2.75) is 45.1 Å². The van der Waals surface area contributed by atoms with Crippen LogP contribution in [-0.2, 0) is 0 Å². The summed E-state index contributed by atoms with van der Waals surface area (Å²) < 4.78 is 0. The van der Waals surface area contributed by atoms with E-state index in [9.17, 15) is 0 Å². The van der Waals surface area contributed by atoms with Crippen LogP contribution in [0.25, 0.3) is 0 Å². The Bertz CT molecular complexity index is 291. The summed E-state index contributed by atoms with van der Waals surface area (Å²) in [5.74, 6) is 0.901. The molecule has 1 N–H and O–H groups in total. The summed E-state index contributed by atoms with van der Waals surface area (Å²) in [5.41, 5.74) is 1.34. The molecule has 0 saturated heterocycles. The highest BCUT2D eigenvalue weighted by Gasteiger charge is 2.14. The number of nitrogens with zero attached hydrogens (tertiary/aromatic N) is 1. The predicted molar refractivity (Wildman–Crippen MR) is 67.2 cm³/mol. The van der Waals surface area contributed by atoms with Crippen LogP contribution in [0.4, 0.5) is 0 Å². The fourth-order valence-electron chi connectivity index (χ4n) is 2.50. The summed E-state index contributed by atoms with van der Waals surface area (Å²) in [7, 11) is 0. The minimum absolute atomic E-state index is 0.449. The Balaban J connectivity index is 1.77. The van der Waals surface area contributed by atoms with Gasteiger partial charge in [0, 0.05) is 18.4 Å². The molecule has 16 heavy (non-hydrogen) atoms. The largest absolute Gasteiger partial charge is 0.310 e. The fourth-order valence-corrected chi connectivity index (χ4v) is 2.50. The van der Waals surface area contributed by atoms with Crippen molar-refractivity contribution in [3.63, 3.8) is 0 Å². The van der Waals surface area contributed by atoms with Gasteiger partial charge in [0.1, 0.15) is 0 Å². The van der Waals surface area contributed by atoms with Crippen molar-refractivity contribution in [2.24, 2.45) is 5.92 Å². The molecule has 0 amide bonds. The van der Waals surface area contributed by atoms with Crippen LogP contribution in [0.15, 0.2) is 24.5 Å². The molecule has 0 aromatic carbocycles. The van der Waals surface area contributed by atoms with Gasteiger partial charge in [0.25, 0.3) is 0 Å². The van der Waals surface area contributed by atoms with Crippen LogP contribution < -0.4 is 5.32 Å². The lowest BCUT2D eigenvalue weighted by molar-refractivity contribution is 0.331. The summed E-state index contributed by atoms with van der Waals surface area (Å²) in [5, 5.41) is 3.64. The first kappa shape index (κ1) is 11.6. The van der Waals surface area contributed by atoms with Gasteiger partial charge < -0.3 is 5.32 Å². The molecule has 1 aliphatic rings. The Morgan fingerprint density at radius 1 is 1.25 bits per heavy atom. The zero-order valence-electron chi connectivity index (χ0n) is 10.2. The molecule has 0 aliphatic heterocycles. The molecule has 1 aliphatic carbocycles. The second-order valence-corrected chi connectivity index (χ2v) is 4.91. The molecule has 1 fully saturated rings. The number of rotatable bonds is 4. The summed E-state index contributed by atoms with van der Waals surface area (Å²) in [6.45, 7) is 3.40. The molecule has 0 bridgehead atoms.